The van der Waals surface area contributed by atoms with Gasteiger partial charge in [-0.1, -0.05) is 24.2 Å². The number of hydrogen-bond acceptors (Lipinski definition) is 4. The van der Waals surface area contributed by atoms with Crippen molar-refractivity contribution in [2.75, 3.05) is 0 Å². The molecule has 0 radical (unpaired) electrons. The van der Waals surface area contributed by atoms with Crippen molar-refractivity contribution in [1.29, 1.82) is 0 Å². The van der Waals surface area contributed by atoms with Gasteiger partial charge in [-0.2, -0.15) is 0 Å². The topological polar surface area (TPSA) is 65.2 Å². The largest absolute Gasteiger partial charge is 0.411 e. The Morgan fingerprint density at radius 2 is 2.07 bits per heavy atom. The van der Waals surface area contributed by atoms with Crippen LogP contribution in [0.3, 0.4) is 0 Å². The highest BCUT2D eigenvalue weighted by Crippen LogP contribution is 2.68. The summed E-state index contributed by atoms with van der Waals surface area (Å²) >= 11 is 0. The molecular weight excluding hydrogens is 180 g/mol. The molecule has 0 aromatic carbocycles. The molecule has 0 saturated heterocycles. The van der Waals surface area contributed by atoms with E-state index < -0.39 is 0 Å². The van der Waals surface area contributed by atoms with Crippen LogP contribution in [0.5, 0.6) is 0 Å². The molecule has 0 heterocycles. The second-order valence-electron chi connectivity index (χ2n) is 4.97. The average Bonchev–Trinajstić information content (AvgIpc) is 2.57. The van der Waals surface area contributed by atoms with Gasteiger partial charge in [0.05, 0.1) is 11.4 Å². The Kier molecular flexibility index (Phi) is 1.84. The summed E-state index contributed by atoms with van der Waals surface area (Å²) in [5.41, 5.74) is 1.75. The van der Waals surface area contributed by atoms with E-state index in [0.29, 0.717) is 23.0 Å². The van der Waals surface area contributed by atoms with E-state index in [0.717, 1.165) is 12.1 Å². The van der Waals surface area contributed by atoms with Crippen molar-refractivity contribution < 1.29 is 10.4 Å². The second-order valence-corrected chi connectivity index (χ2v) is 4.97. The minimum atomic E-state index is 0.0463. The molecule has 4 heteroatoms. The quantitative estimate of drug-likeness (QED) is 0.382. The lowest BCUT2D eigenvalue weighted by molar-refractivity contribution is 0.308. The van der Waals surface area contributed by atoms with Crippen LogP contribution in [0.1, 0.15) is 27.2 Å². The standard InChI is InChI=1S/C10H16N2O2/c1-5(11-13)8-7(12-14)4-6-9(8)10(6,2)3/h6,8-9,13-14H,4H2,1-3H3/b11-5-,12-7+/t6-,8-,9-/m1/s1. The summed E-state index contributed by atoms with van der Waals surface area (Å²) in [6.07, 6.45) is 0.839. The molecule has 0 unspecified atom stereocenters. The van der Waals surface area contributed by atoms with Gasteiger partial charge < -0.3 is 10.4 Å². The van der Waals surface area contributed by atoms with Gasteiger partial charge in [0.25, 0.3) is 0 Å². The van der Waals surface area contributed by atoms with Crippen molar-refractivity contribution >= 4 is 11.4 Å². The minimum absolute atomic E-state index is 0.0463. The Morgan fingerprint density at radius 3 is 2.57 bits per heavy atom. The van der Waals surface area contributed by atoms with Gasteiger partial charge in [0.15, 0.2) is 0 Å². The van der Waals surface area contributed by atoms with E-state index >= 15 is 0 Å². The number of fused-ring (bicyclic) bond motifs is 1. The summed E-state index contributed by atoms with van der Waals surface area (Å²) in [5.74, 6) is 1.13. The van der Waals surface area contributed by atoms with Gasteiger partial charge >= 0.3 is 0 Å². The van der Waals surface area contributed by atoms with E-state index in [-0.39, 0.29) is 5.92 Å². The molecule has 0 spiro atoms. The molecule has 0 aromatic rings. The van der Waals surface area contributed by atoms with Crippen LogP contribution in [0, 0.1) is 23.2 Å². The lowest BCUT2D eigenvalue weighted by Crippen LogP contribution is -2.24. The van der Waals surface area contributed by atoms with Gasteiger partial charge in [-0.25, -0.2) is 0 Å². The van der Waals surface area contributed by atoms with Gasteiger partial charge in [0.1, 0.15) is 0 Å². The van der Waals surface area contributed by atoms with E-state index in [1.807, 2.05) is 0 Å². The summed E-state index contributed by atoms with van der Waals surface area (Å²) < 4.78 is 0. The molecule has 2 aliphatic carbocycles. The molecular formula is C10H16N2O2. The molecule has 2 aliphatic rings. The lowest BCUT2D eigenvalue weighted by Gasteiger charge is -2.17. The van der Waals surface area contributed by atoms with Crippen molar-refractivity contribution in [3.8, 4) is 0 Å². The maximum atomic E-state index is 8.84. The average molecular weight is 196 g/mol. The van der Waals surface area contributed by atoms with Crippen LogP contribution in [0.4, 0.5) is 0 Å². The molecule has 0 aliphatic heterocycles. The van der Waals surface area contributed by atoms with Crippen molar-refractivity contribution in [2.24, 2.45) is 33.5 Å². The van der Waals surface area contributed by atoms with Crippen LogP contribution in [0.25, 0.3) is 0 Å². The summed E-state index contributed by atoms with van der Waals surface area (Å²) in [6.45, 7) is 6.22. The van der Waals surface area contributed by atoms with Crippen molar-refractivity contribution in [3.63, 3.8) is 0 Å². The molecule has 0 aromatic heterocycles. The Bertz CT molecular complexity index is 320. The fourth-order valence-electron chi connectivity index (χ4n) is 3.06. The zero-order valence-electron chi connectivity index (χ0n) is 8.73. The Hall–Kier alpha value is -1.06. The van der Waals surface area contributed by atoms with Crippen LogP contribution in [0.2, 0.25) is 0 Å². The van der Waals surface area contributed by atoms with Crippen molar-refractivity contribution in [1.82, 2.24) is 0 Å². The molecule has 0 bridgehead atoms. The first kappa shape index (κ1) is 9.49. The maximum Gasteiger partial charge on any atom is 0.0665 e. The third-order valence-corrected chi connectivity index (χ3v) is 4.02. The second kappa shape index (κ2) is 2.72. The van der Waals surface area contributed by atoms with Gasteiger partial charge in [0, 0.05) is 5.92 Å². The van der Waals surface area contributed by atoms with Crippen LogP contribution in [-0.2, 0) is 0 Å². The zero-order chi connectivity index (χ0) is 10.5. The van der Waals surface area contributed by atoms with Crippen molar-refractivity contribution in [2.45, 2.75) is 27.2 Å². The van der Waals surface area contributed by atoms with E-state index in [1.54, 1.807) is 6.92 Å². The number of nitrogens with zero attached hydrogens (tertiary/aromatic N) is 2. The minimum Gasteiger partial charge on any atom is -0.411 e. The predicted molar refractivity (Wildman–Crippen MR) is 53.0 cm³/mol. The number of oxime groups is 2. The van der Waals surface area contributed by atoms with Crippen molar-refractivity contribution in [3.05, 3.63) is 0 Å². The molecule has 2 saturated carbocycles. The first-order valence-corrected chi connectivity index (χ1v) is 4.93. The Morgan fingerprint density at radius 1 is 1.43 bits per heavy atom. The summed E-state index contributed by atoms with van der Waals surface area (Å²) in [7, 11) is 0. The summed E-state index contributed by atoms with van der Waals surface area (Å²) in [6, 6.07) is 0. The maximum absolute atomic E-state index is 8.84. The SMILES string of the molecule is C/C(=N/O)[C@@H]1/C(=N/O)C[C@@H]2[C@H]1C2(C)C. The number of rotatable bonds is 1. The molecule has 2 fully saturated rings. The molecule has 2 rings (SSSR count). The summed E-state index contributed by atoms with van der Waals surface area (Å²) in [4.78, 5) is 0. The highest BCUT2D eigenvalue weighted by atomic mass is 16.4. The fourth-order valence-corrected chi connectivity index (χ4v) is 3.06. The van der Waals surface area contributed by atoms with E-state index in [2.05, 4.69) is 24.2 Å². The van der Waals surface area contributed by atoms with Crippen LogP contribution in [0.15, 0.2) is 10.3 Å². The van der Waals surface area contributed by atoms with Gasteiger partial charge in [-0.15, -0.1) is 0 Å². The molecule has 14 heavy (non-hydrogen) atoms. The monoisotopic (exact) mass is 196 g/mol. The normalized spacial score (nSPS) is 42.6. The molecule has 0 amide bonds. The molecule has 78 valence electrons. The van der Waals surface area contributed by atoms with Gasteiger partial charge in [-0.3, -0.25) is 0 Å². The predicted octanol–water partition coefficient (Wildman–Crippen LogP) is 1.96. The lowest BCUT2D eigenvalue weighted by atomic mass is 9.88. The highest BCUT2D eigenvalue weighted by molar-refractivity contribution is 6.09. The van der Waals surface area contributed by atoms with Crippen LogP contribution < -0.4 is 0 Å². The Labute approximate surface area is 83.3 Å². The van der Waals surface area contributed by atoms with Gasteiger partial charge in [-0.05, 0) is 30.6 Å². The van der Waals surface area contributed by atoms with Crippen LogP contribution >= 0.6 is 0 Å². The number of hydrogen-bond donors (Lipinski definition) is 2. The van der Waals surface area contributed by atoms with Crippen LogP contribution in [-0.4, -0.2) is 21.8 Å². The van der Waals surface area contributed by atoms with Gasteiger partial charge in [0.2, 0.25) is 0 Å². The molecule has 3 atom stereocenters. The third kappa shape index (κ3) is 0.996. The van der Waals surface area contributed by atoms with E-state index in [9.17, 15) is 0 Å². The zero-order valence-corrected chi connectivity index (χ0v) is 8.73. The molecule has 4 nitrogen and oxygen atoms in total. The summed E-state index contributed by atoms with van der Waals surface area (Å²) in [5, 5.41) is 24.2. The highest BCUT2D eigenvalue weighted by Gasteiger charge is 2.67. The Balaban J connectivity index is 2.28. The van der Waals surface area contributed by atoms with E-state index in [4.69, 9.17) is 10.4 Å². The first-order chi connectivity index (χ1) is 6.54. The first-order valence-electron chi connectivity index (χ1n) is 4.93. The molecule has 2 N–H and O–H groups in total. The third-order valence-electron chi connectivity index (χ3n) is 4.02. The van der Waals surface area contributed by atoms with E-state index in [1.165, 1.54) is 0 Å². The fraction of sp³-hybridized carbons (Fsp3) is 0.800. The smallest absolute Gasteiger partial charge is 0.0665 e.